The van der Waals surface area contributed by atoms with Crippen LogP contribution in [0.15, 0.2) is 36.0 Å². The van der Waals surface area contributed by atoms with Crippen LogP contribution in [-0.4, -0.2) is 61.2 Å². The standard InChI is InChI=1S/C21H24N4O3S/c1-27-16-11-15(12-17(13-16)28-2)3-4-19(26)24-6-8-25(9-7-24)20-18-5-10-29-21(18)23-14-22-20/h5,10-14H,3-4,6-9H2,1-2H3. The van der Waals surface area contributed by atoms with Gasteiger partial charge in [0.15, 0.2) is 0 Å². The third kappa shape index (κ3) is 4.27. The highest BCUT2D eigenvalue weighted by Gasteiger charge is 2.23. The van der Waals surface area contributed by atoms with Crippen LogP contribution in [0.3, 0.4) is 0 Å². The average Bonchev–Trinajstić information content (AvgIpc) is 3.26. The highest BCUT2D eigenvalue weighted by atomic mass is 32.1. The van der Waals surface area contributed by atoms with Crippen LogP contribution in [0, 0.1) is 0 Å². The van der Waals surface area contributed by atoms with E-state index in [-0.39, 0.29) is 5.91 Å². The zero-order valence-electron chi connectivity index (χ0n) is 16.6. The molecule has 4 rings (SSSR count). The van der Waals surface area contributed by atoms with Gasteiger partial charge in [-0.25, -0.2) is 9.97 Å². The molecule has 1 amide bonds. The van der Waals surface area contributed by atoms with Crippen molar-refractivity contribution in [3.8, 4) is 11.5 Å². The van der Waals surface area contributed by atoms with Crippen LogP contribution in [0.25, 0.3) is 10.2 Å². The van der Waals surface area contributed by atoms with Gasteiger partial charge >= 0.3 is 0 Å². The molecule has 29 heavy (non-hydrogen) atoms. The van der Waals surface area contributed by atoms with E-state index in [1.54, 1.807) is 31.9 Å². The second-order valence-corrected chi connectivity index (χ2v) is 7.82. The van der Waals surface area contributed by atoms with Crippen LogP contribution >= 0.6 is 11.3 Å². The van der Waals surface area contributed by atoms with Crippen molar-refractivity contribution in [1.82, 2.24) is 14.9 Å². The van der Waals surface area contributed by atoms with Gasteiger partial charge in [0.05, 0.1) is 19.6 Å². The fraction of sp³-hybridized carbons (Fsp3) is 0.381. The summed E-state index contributed by atoms with van der Waals surface area (Å²) in [5.41, 5.74) is 1.04. The molecule has 1 aromatic carbocycles. The van der Waals surface area contributed by atoms with Crippen molar-refractivity contribution in [1.29, 1.82) is 0 Å². The summed E-state index contributed by atoms with van der Waals surface area (Å²) in [6.07, 6.45) is 2.75. The summed E-state index contributed by atoms with van der Waals surface area (Å²) in [4.78, 5) is 26.7. The van der Waals surface area contributed by atoms with Crippen molar-refractivity contribution in [2.75, 3.05) is 45.3 Å². The number of anilines is 1. The molecule has 0 N–H and O–H groups in total. The number of hydrogen-bond donors (Lipinski definition) is 0. The van der Waals surface area contributed by atoms with E-state index in [0.29, 0.717) is 25.9 Å². The van der Waals surface area contributed by atoms with Gasteiger partial charge in [0.1, 0.15) is 28.5 Å². The van der Waals surface area contributed by atoms with E-state index in [4.69, 9.17) is 9.47 Å². The highest BCUT2D eigenvalue weighted by molar-refractivity contribution is 7.16. The molecular formula is C21H24N4O3S. The summed E-state index contributed by atoms with van der Waals surface area (Å²) in [5.74, 6) is 2.62. The number of aromatic nitrogens is 2. The Morgan fingerprint density at radius 2 is 1.79 bits per heavy atom. The first-order chi connectivity index (χ1) is 14.2. The molecule has 1 aliphatic heterocycles. The first kappa shape index (κ1) is 19.4. The van der Waals surface area contributed by atoms with E-state index < -0.39 is 0 Å². The molecule has 1 saturated heterocycles. The minimum atomic E-state index is 0.176. The zero-order chi connectivity index (χ0) is 20.2. The van der Waals surface area contributed by atoms with Gasteiger partial charge in [-0.15, -0.1) is 11.3 Å². The smallest absolute Gasteiger partial charge is 0.223 e. The molecule has 0 spiro atoms. The number of thiophene rings is 1. The monoisotopic (exact) mass is 412 g/mol. The van der Waals surface area contributed by atoms with E-state index in [2.05, 4.69) is 20.9 Å². The lowest BCUT2D eigenvalue weighted by atomic mass is 10.1. The maximum atomic E-state index is 12.7. The number of piperazine rings is 1. The Balaban J connectivity index is 1.34. The number of nitrogens with zero attached hydrogens (tertiary/aromatic N) is 4. The van der Waals surface area contributed by atoms with E-state index in [1.807, 2.05) is 28.5 Å². The normalized spacial score (nSPS) is 14.3. The summed E-state index contributed by atoms with van der Waals surface area (Å²) in [5, 5.41) is 3.13. The minimum Gasteiger partial charge on any atom is -0.497 e. The second kappa shape index (κ2) is 8.65. The number of rotatable bonds is 6. The fourth-order valence-corrected chi connectivity index (χ4v) is 4.34. The molecule has 152 valence electrons. The number of aryl methyl sites for hydroxylation is 1. The molecule has 1 aliphatic rings. The number of carbonyl (C=O) groups is 1. The number of benzene rings is 1. The molecule has 0 unspecified atom stereocenters. The van der Waals surface area contributed by atoms with E-state index in [0.717, 1.165) is 46.2 Å². The predicted octanol–water partition coefficient (Wildman–Crippen LogP) is 2.99. The first-order valence-corrected chi connectivity index (χ1v) is 10.5. The third-order valence-electron chi connectivity index (χ3n) is 5.21. The van der Waals surface area contributed by atoms with E-state index >= 15 is 0 Å². The lowest BCUT2D eigenvalue weighted by Crippen LogP contribution is -2.49. The van der Waals surface area contributed by atoms with Gasteiger partial charge in [-0.3, -0.25) is 4.79 Å². The quantitative estimate of drug-likeness (QED) is 0.620. The van der Waals surface area contributed by atoms with Crippen LogP contribution < -0.4 is 14.4 Å². The van der Waals surface area contributed by atoms with Crippen molar-refractivity contribution in [2.45, 2.75) is 12.8 Å². The van der Waals surface area contributed by atoms with Crippen molar-refractivity contribution >= 4 is 33.3 Å². The topological polar surface area (TPSA) is 67.8 Å². The molecule has 0 bridgehead atoms. The summed E-state index contributed by atoms with van der Waals surface area (Å²) in [6, 6.07) is 7.81. The number of hydrogen-bond acceptors (Lipinski definition) is 7. The van der Waals surface area contributed by atoms with Gasteiger partial charge in [-0.05, 0) is 35.6 Å². The summed E-state index contributed by atoms with van der Waals surface area (Å²) in [7, 11) is 3.26. The largest absolute Gasteiger partial charge is 0.497 e. The molecule has 2 aromatic heterocycles. The van der Waals surface area contributed by atoms with Gasteiger partial charge in [-0.2, -0.15) is 0 Å². The molecular weight excluding hydrogens is 388 g/mol. The number of methoxy groups -OCH3 is 2. The fourth-order valence-electron chi connectivity index (χ4n) is 3.62. The van der Waals surface area contributed by atoms with Crippen LogP contribution in [0.2, 0.25) is 0 Å². The number of carbonyl (C=O) groups excluding carboxylic acids is 1. The molecule has 1 fully saturated rings. The van der Waals surface area contributed by atoms with Gasteiger partial charge in [0.2, 0.25) is 5.91 Å². The minimum absolute atomic E-state index is 0.176. The zero-order valence-corrected chi connectivity index (χ0v) is 17.4. The highest BCUT2D eigenvalue weighted by Crippen LogP contribution is 2.27. The third-order valence-corrected chi connectivity index (χ3v) is 6.03. The van der Waals surface area contributed by atoms with Crippen LogP contribution in [0.1, 0.15) is 12.0 Å². The predicted molar refractivity (Wildman–Crippen MR) is 114 cm³/mol. The van der Waals surface area contributed by atoms with Gasteiger partial charge in [-0.1, -0.05) is 0 Å². The van der Waals surface area contributed by atoms with Crippen molar-refractivity contribution < 1.29 is 14.3 Å². The first-order valence-electron chi connectivity index (χ1n) is 9.61. The molecule has 0 atom stereocenters. The van der Waals surface area contributed by atoms with Crippen LogP contribution in [-0.2, 0) is 11.2 Å². The van der Waals surface area contributed by atoms with Crippen molar-refractivity contribution in [2.24, 2.45) is 0 Å². The molecule has 0 radical (unpaired) electrons. The number of fused-ring (bicyclic) bond motifs is 1. The average molecular weight is 413 g/mol. The molecule has 0 aliphatic carbocycles. The molecule has 0 saturated carbocycles. The number of ether oxygens (including phenoxy) is 2. The maximum Gasteiger partial charge on any atom is 0.223 e. The maximum absolute atomic E-state index is 12.7. The van der Waals surface area contributed by atoms with E-state index in [1.165, 1.54) is 0 Å². The van der Waals surface area contributed by atoms with Gasteiger partial charge < -0.3 is 19.3 Å². The Hall–Kier alpha value is -2.87. The van der Waals surface area contributed by atoms with Crippen molar-refractivity contribution in [3.05, 3.63) is 41.5 Å². The molecule has 3 heterocycles. The molecule has 3 aromatic rings. The van der Waals surface area contributed by atoms with Crippen LogP contribution in [0.4, 0.5) is 5.82 Å². The Morgan fingerprint density at radius 3 is 2.48 bits per heavy atom. The lowest BCUT2D eigenvalue weighted by molar-refractivity contribution is -0.131. The molecule has 7 nitrogen and oxygen atoms in total. The number of amides is 1. The summed E-state index contributed by atoms with van der Waals surface area (Å²) < 4.78 is 10.6. The summed E-state index contributed by atoms with van der Waals surface area (Å²) >= 11 is 1.62. The van der Waals surface area contributed by atoms with Crippen LogP contribution in [0.5, 0.6) is 11.5 Å². The Labute approximate surface area is 173 Å². The second-order valence-electron chi connectivity index (χ2n) is 6.93. The summed E-state index contributed by atoms with van der Waals surface area (Å²) in [6.45, 7) is 2.97. The Kier molecular flexibility index (Phi) is 5.80. The molecule has 8 heteroatoms. The Morgan fingerprint density at radius 1 is 1.07 bits per heavy atom. The van der Waals surface area contributed by atoms with Crippen molar-refractivity contribution in [3.63, 3.8) is 0 Å². The van der Waals surface area contributed by atoms with E-state index in [9.17, 15) is 4.79 Å². The van der Waals surface area contributed by atoms with Gasteiger partial charge in [0.25, 0.3) is 0 Å². The lowest BCUT2D eigenvalue weighted by Gasteiger charge is -2.35. The van der Waals surface area contributed by atoms with Gasteiger partial charge in [0, 0.05) is 38.7 Å². The Bertz CT molecular complexity index is 976. The SMILES string of the molecule is COc1cc(CCC(=O)N2CCN(c3ncnc4sccc34)CC2)cc(OC)c1.